The zero-order valence-corrected chi connectivity index (χ0v) is 11.8. The zero-order valence-electron chi connectivity index (χ0n) is 11.8. The molecule has 0 fully saturated rings. The van der Waals surface area contributed by atoms with Crippen LogP contribution in [0.5, 0.6) is 0 Å². The molecule has 0 aliphatic carbocycles. The number of hydrogen-bond acceptors (Lipinski definition) is 1. The van der Waals surface area contributed by atoms with E-state index in [0.717, 1.165) is 0 Å². The Labute approximate surface area is 106 Å². The van der Waals surface area contributed by atoms with Crippen molar-refractivity contribution < 1.29 is 0 Å². The van der Waals surface area contributed by atoms with Gasteiger partial charge in [-0.3, -0.25) is 0 Å². The molecule has 0 saturated heterocycles. The Morgan fingerprint density at radius 3 is 2.35 bits per heavy atom. The average Bonchev–Trinajstić information content (AvgIpc) is 2.86. The van der Waals surface area contributed by atoms with E-state index >= 15 is 0 Å². The van der Waals surface area contributed by atoms with Crippen molar-refractivity contribution in [1.29, 1.82) is 0 Å². The number of nitrogens with zero attached hydrogens (tertiary/aromatic N) is 1. The molecule has 0 aliphatic heterocycles. The summed E-state index contributed by atoms with van der Waals surface area (Å²) in [6.45, 7) is 6.93. The summed E-state index contributed by atoms with van der Waals surface area (Å²) in [6.07, 6.45) is 14.4. The number of unbranched alkanes of at least 4 members (excludes halogenated alkanes) is 4. The fraction of sp³-hybridized carbons (Fsp3) is 0.800. The van der Waals surface area contributed by atoms with Crippen molar-refractivity contribution in [3.05, 3.63) is 18.2 Å². The molecule has 0 radical (unpaired) electrons. The van der Waals surface area contributed by atoms with E-state index in [1.165, 1.54) is 57.1 Å². The van der Waals surface area contributed by atoms with Gasteiger partial charge in [-0.15, -0.1) is 0 Å². The molecule has 0 saturated carbocycles. The first-order valence-electron chi connectivity index (χ1n) is 7.22. The van der Waals surface area contributed by atoms with Crippen molar-refractivity contribution in [3.8, 4) is 0 Å². The molecule has 1 atom stereocenters. The number of nitrogens with one attached hydrogen (secondary N) is 1. The third-order valence-electron chi connectivity index (χ3n) is 3.81. The van der Waals surface area contributed by atoms with Gasteiger partial charge in [0.25, 0.3) is 0 Å². The number of imidazole rings is 1. The van der Waals surface area contributed by atoms with E-state index in [1.807, 2.05) is 12.5 Å². The quantitative estimate of drug-likeness (QED) is 0.611. The van der Waals surface area contributed by atoms with Gasteiger partial charge in [0.15, 0.2) is 0 Å². The van der Waals surface area contributed by atoms with E-state index in [4.69, 9.17) is 0 Å². The van der Waals surface area contributed by atoms with E-state index in [1.54, 1.807) is 0 Å². The van der Waals surface area contributed by atoms with Gasteiger partial charge in [0, 0.05) is 17.3 Å². The highest BCUT2D eigenvalue weighted by atomic mass is 14.9. The van der Waals surface area contributed by atoms with Crippen molar-refractivity contribution in [3.63, 3.8) is 0 Å². The smallest absolute Gasteiger partial charge is 0.0921 e. The molecular weight excluding hydrogens is 208 g/mol. The lowest BCUT2D eigenvalue weighted by atomic mass is 9.77. The SMILES string of the molecule is CCCCCCC(C)(CCCC)c1cnc[nH]1. The number of H-pyrrole nitrogens is 1. The Balaban J connectivity index is 2.53. The molecule has 17 heavy (non-hydrogen) atoms. The van der Waals surface area contributed by atoms with Crippen molar-refractivity contribution in [2.24, 2.45) is 0 Å². The van der Waals surface area contributed by atoms with E-state index in [0.29, 0.717) is 5.41 Å². The van der Waals surface area contributed by atoms with Crippen LogP contribution in [0, 0.1) is 0 Å². The molecule has 1 rings (SSSR count). The van der Waals surface area contributed by atoms with Gasteiger partial charge < -0.3 is 4.98 Å². The number of aromatic amines is 1. The van der Waals surface area contributed by atoms with Crippen LogP contribution >= 0.6 is 0 Å². The van der Waals surface area contributed by atoms with Gasteiger partial charge in [-0.25, -0.2) is 4.98 Å². The maximum Gasteiger partial charge on any atom is 0.0921 e. The molecular formula is C15H28N2. The normalized spacial score (nSPS) is 14.8. The maximum absolute atomic E-state index is 4.19. The predicted molar refractivity (Wildman–Crippen MR) is 74.2 cm³/mol. The number of rotatable bonds is 9. The molecule has 2 nitrogen and oxygen atoms in total. The summed E-state index contributed by atoms with van der Waals surface area (Å²) in [5.41, 5.74) is 1.63. The molecule has 0 aromatic carbocycles. The second-order valence-corrected chi connectivity index (χ2v) is 5.44. The summed E-state index contributed by atoms with van der Waals surface area (Å²) in [4.78, 5) is 7.50. The predicted octanol–water partition coefficient (Wildman–Crippen LogP) is 4.83. The van der Waals surface area contributed by atoms with Crippen molar-refractivity contribution in [2.45, 2.75) is 77.6 Å². The Morgan fingerprint density at radius 2 is 1.76 bits per heavy atom. The van der Waals surface area contributed by atoms with Crippen molar-refractivity contribution in [2.75, 3.05) is 0 Å². The second kappa shape index (κ2) is 7.52. The zero-order chi connectivity index (χ0) is 12.6. The minimum Gasteiger partial charge on any atom is -0.348 e. The van der Waals surface area contributed by atoms with E-state index in [-0.39, 0.29) is 0 Å². The topological polar surface area (TPSA) is 28.7 Å². The standard InChI is InChI=1S/C15H28N2/c1-4-6-8-9-11-15(3,10-7-5-2)14-12-16-13-17-14/h12-13H,4-11H2,1-3H3,(H,16,17). The summed E-state index contributed by atoms with van der Waals surface area (Å²) >= 11 is 0. The van der Waals surface area contributed by atoms with Gasteiger partial charge in [0.1, 0.15) is 0 Å². The minimum atomic E-state index is 0.306. The van der Waals surface area contributed by atoms with Crippen LogP contribution in [0.1, 0.15) is 77.8 Å². The summed E-state index contributed by atoms with van der Waals surface area (Å²) in [5.74, 6) is 0. The maximum atomic E-state index is 4.19. The highest BCUT2D eigenvalue weighted by Gasteiger charge is 2.26. The monoisotopic (exact) mass is 236 g/mol. The Morgan fingerprint density at radius 1 is 1.06 bits per heavy atom. The first kappa shape index (κ1) is 14.3. The highest BCUT2D eigenvalue weighted by Crippen LogP contribution is 2.33. The molecule has 98 valence electrons. The van der Waals surface area contributed by atoms with Crippen LogP contribution in [0.15, 0.2) is 12.5 Å². The van der Waals surface area contributed by atoms with Gasteiger partial charge in [-0.05, 0) is 12.8 Å². The second-order valence-electron chi connectivity index (χ2n) is 5.44. The molecule has 1 N–H and O–H groups in total. The molecule has 1 aromatic rings. The fourth-order valence-electron chi connectivity index (χ4n) is 2.49. The summed E-state index contributed by atoms with van der Waals surface area (Å²) in [7, 11) is 0. The van der Waals surface area contributed by atoms with E-state index in [9.17, 15) is 0 Å². The molecule has 1 unspecified atom stereocenters. The van der Waals surface area contributed by atoms with Crippen LogP contribution in [0.2, 0.25) is 0 Å². The molecule has 0 spiro atoms. The number of aromatic nitrogens is 2. The molecule has 1 heterocycles. The largest absolute Gasteiger partial charge is 0.348 e. The van der Waals surface area contributed by atoms with Crippen LogP contribution in [-0.2, 0) is 5.41 Å². The Kier molecular flexibility index (Phi) is 6.31. The minimum absolute atomic E-state index is 0.306. The number of hydrogen-bond donors (Lipinski definition) is 1. The molecule has 1 aromatic heterocycles. The van der Waals surface area contributed by atoms with Crippen molar-refractivity contribution >= 4 is 0 Å². The van der Waals surface area contributed by atoms with Gasteiger partial charge in [-0.2, -0.15) is 0 Å². The average molecular weight is 236 g/mol. The Hall–Kier alpha value is -0.790. The van der Waals surface area contributed by atoms with Crippen LogP contribution < -0.4 is 0 Å². The third kappa shape index (κ3) is 4.53. The molecule has 0 aliphatic rings. The summed E-state index contributed by atoms with van der Waals surface area (Å²) in [5, 5.41) is 0. The van der Waals surface area contributed by atoms with Crippen LogP contribution in [0.3, 0.4) is 0 Å². The van der Waals surface area contributed by atoms with Crippen LogP contribution in [0.25, 0.3) is 0 Å². The van der Waals surface area contributed by atoms with Crippen LogP contribution in [-0.4, -0.2) is 9.97 Å². The van der Waals surface area contributed by atoms with Gasteiger partial charge >= 0.3 is 0 Å². The summed E-state index contributed by atoms with van der Waals surface area (Å²) in [6, 6.07) is 0. The Bertz CT molecular complexity index is 279. The van der Waals surface area contributed by atoms with Gasteiger partial charge in [0.05, 0.1) is 6.33 Å². The highest BCUT2D eigenvalue weighted by molar-refractivity contribution is 5.11. The van der Waals surface area contributed by atoms with Gasteiger partial charge in [-0.1, -0.05) is 59.3 Å². The lowest BCUT2D eigenvalue weighted by Crippen LogP contribution is -2.22. The third-order valence-corrected chi connectivity index (χ3v) is 3.81. The van der Waals surface area contributed by atoms with Crippen molar-refractivity contribution in [1.82, 2.24) is 9.97 Å². The van der Waals surface area contributed by atoms with E-state index in [2.05, 4.69) is 30.7 Å². The fourth-order valence-corrected chi connectivity index (χ4v) is 2.49. The summed E-state index contributed by atoms with van der Waals surface area (Å²) < 4.78 is 0. The van der Waals surface area contributed by atoms with Gasteiger partial charge in [0.2, 0.25) is 0 Å². The molecule has 0 bridgehead atoms. The first-order chi connectivity index (χ1) is 8.23. The molecule has 2 heteroatoms. The first-order valence-corrected chi connectivity index (χ1v) is 7.22. The van der Waals surface area contributed by atoms with Crippen LogP contribution in [0.4, 0.5) is 0 Å². The molecule has 0 amide bonds. The lowest BCUT2D eigenvalue weighted by molar-refractivity contribution is 0.361. The lowest BCUT2D eigenvalue weighted by Gasteiger charge is -2.28. The van der Waals surface area contributed by atoms with E-state index < -0.39 is 0 Å².